The topological polar surface area (TPSA) is 38.3 Å². The van der Waals surface area contributed by atoms with Crippen molar-refractivity contribution in [2.24, 2.45) is 0 Å². The minimum absolute atomic E-state index is 0.122. The molecule has 1 amide bonds. The first-order chi connectivity index (χ1) is 13.6. The van der Waals surface area contributed by atoms with Crippen molar-refractivity contribution in [1.82, 2.24) is 0 Å². The number of anilines is 1. The van der Waals surface area contributed by atoms with Crippen molar-refractivity contribution in [3.05, 3.63) is 92.8 Å². The van der Waals surface area contributed by atoms with Crippen molar-refractivity contribution in [1.29, 1.82) is 0 Å². The van der Waals surface area contributed by atoms with E-state index >= 15 is 0 Å². The average Bonchev–Trinajstić information content (AvgIpc) is 2.70. The zero-order valence-electron chi connectivity index (χ0n) is 14.6. The smallest absolute Gasteiger partial charge is 0.262 e. The number of thioether (sulfide) groups is 1. The zero-order valence-corrected chi connectivity index (χ0v) is 16.9. The molecule has 0 bridgehead atoms. The maximum Gasteiger partial charge on any atom is 0.262 e. The molecule has 4 rings (SSSR count). The number of carbonyl (C=O) groups excluding carboxylic acids is 1. The summed E-state index contributed by atoms with van der Waals surface area (Å²) in [7, 11) is 0. The van der Waals surface area contributed by atoms with Crippen LogP contribution in [0.4, 0.5) is 5.69 Å². The number of fused-ring (bicyclic) bond motifs is 1. The summed E-state index contributed by atoms with van der Waals surface area (Å²) in [5.41, 5.74) is 2.58. The summed E-state index contributed by atoms with van der Waals surface area (Å²) in [5.74, 6) is 0.566. The molecule has 1 aliphatic rings. The van der Waals surface area contributed by atoms with Crippen LogP contribution in [0.2, 0.25) is 10.0 Å². The molecule has 0 aromatic heterocycles. The monoisotopic (exact) mass is 427 g/mol. The van der Waals surface area contributed by atoms with Crippen molar-refractivity contribution in [2.45, 2.75) is 11.5 Å². The Balaban J connectivity index is 1.57. The summed E-state index contributed by atoms with van der Waals surface area (Å²) in [6.45, 7) is 0.346. The molecule has 1 heterocycles. The molecule has 140 valence electrons. The lowest BCUT2D eigenvalue weighted by Crippen LogP contribution is -2.17. The Labute approximate surface area is 177 Å². The average molecular weight is 428 g/mol. The van der Waals surface area contributed by atoms with E-state index in [0.29, 0.717) is 27.3 Å². The summed E-state index contributed by atoms with van der Waals surface area (Å²) in [6, 6.07) is 20.8. The second-order valence-electron chi connectivity index (χ2n) is 6.14. The van der Waals surface area contributed by atoms with Gasteiger partial charge in [-0.1, -0.05) is 71.4 Å². The predicted molar refractivity (Wildman–Crippen MR) is 116 cm³/mol. The third kappa shape index (κ3) is 4.20. The molecule has 0 aliphatic carbocycles. The van der Waals surface area contributed by atoms with Gasteiger partial charge in [0.2, 0.25) is 0 Å². The van der Waals surface area contributed by atoms with Crippen LogP contribution in [0.1, 0.15) is 11.1 Å². The van der Waals surface area contributed by atoms with Crippen molar-refractivity contribution in [3.8, 4) is 5.75 Å². The lowest BCUT2D eigenvalue weighted by atomic mass is 10.1. The molecule has 28 heavy (non-hydrogen) atoms. The predicted octanol–water partition coefficient (Wildman–Crippen LogP) is 6.66. The molecule has 0 saturated heterocycles. The quantitative estimate of drug-likeness (QED) is 0.473. The number of rotatable bonds is 4. The second kappa shape index (κ2) is 8.31. The summed E-state index contributed by atoms with van der Waals surface area (Å²) in [5, 5.41) is 3.93. The van der Waals surface area contributed by atoms with Gasteiger partial charge in [-0.15, -0.1) is 0 Å². The Kier molecular flexibility index (Phi) is 5.62. The summed E-state index contributed by atoms with van der Waals surface area (Å²) in [6.07, 6.45) is 1.85. The van der Waals surface area contributed by atoms with Crippen molar-refractivity contribution < 1.29 is 9.53 Å². The van der Waals surface area contributed by atoms with Crippen molar-refractivity contribution in [3.63, 3.8) is 0 Å². The molecule has 3 nitrogen and oxygen atoms in total. The van der Waals surface area contributed by atoms with Gasteiger partial charge in [0, 0.05) is 10.5 Å². The molecular formula is C22H15Cl2NO2S. The molecule has 0 saturated carbocycles. The number of benzene rings is 3. The van der Waals surface area contributed by atoms with Gasteiger partial charge in [0.15, 0.2) is 0 Å². The van der Waals surface area contributed by atoms with E-state index in [0.717, 1.165) is 21.7 Å². The van der Waals surface area contributed by atoms with Crippen LogP contribution in [-0.2, 0) is 11.4 Å². The first-order valence-electron chi connectivity index (χ1n) is 8.56. The third-order valence-corrected chi connectivity index (χ3v) is 6.00. The molecule has 1 N–H and O–H groups in total. The first kappa shape index (κ1) is 18.9. The maximum atomic E-state index is 12.5. The Morgan fingerprint density at radius 2 is 1.75 bits per heavy atom. The second-order valence-corrected chi connectivity index (χ2v) is 8.03. The van der Waals surface area contributed by atoms with Crippen LogP contribution in [0.3, 0.4) is 0 Å². The fourth-order valence-corrected chi connectivity index (χ4v) is 4.03. The fourth-order valence-electron chi connectivity index (χ4n) is 2.77. The molecule has 3 aromatic carbocycles. The van der Waals surface area contributed by atoms with E-state index in [-0.39, 0.29) is 5.91 Å². The summed E-state index contributed by atoms with van der Waals surface area (Å²) in [4.78, 5) is 14.1. The van der Waals surface area contributed by atoms with E-state index in [1.54, 1.807) is 12.1 Å². The van der Waals surface area contributed by atoms with Gasteiger partial charge in [0.1, 0.15) is 12.4 Å². The molecule has 0 radical (unpaired) electrons. The molecular weight excluding hydrogens is 413 g/mol. The van der Waals surface area contributed by atoms with Crippen molar-refractivity contribution >= 4 is 52.6 Å². The van der Waals surface area contributed by atoms with Crippen LogP contribution in [0.25, 0.3) is 6.08 Å². The van der Waals surface area contributed by atoms with Gasteiger partial charge in [-0.2, -0.15) is 0 Å². The van der Waals surface area contributed by atoms with Gasteiger partial charge in [0.25, 0.3) is 5.91 Å². The number of para-hydroxylation sites is 2. The summed E-state index contributed by atoms with van der Waals surface area (Å²) >= 11 is 13.5. The highest BCUT2D eigenvalue weighted by molar-refractivity contribution is 8.04. The molecule has 3 aromatic rings. The van der Waals surface area contributed by atoms with Crippen LogP contribution in [0, 0.1) is 0 Å². The number of hydrogen-bond acceptors (Lipinski definition) is 3. The molecule has 0 atom stereocenters. The summed E-state index contributed by atoms with van der Waals surface area (Å²) < 4.78 is 5.98. The van der Waals surface area contributed by atoms with Crippen LogP contribution in [0.5, 0.6) is 5.75 Å². The maximum absolute atomic E-state index is 12.5. The Hall–Kier alpha value is -2.40. The molecule has 0 unspecified atom stereocenters. The number of amides is 1. The van der Waals surface area contributed by atoms with E-state index in [4.69, 9.17) is 27.9 Å². The van der Waals surface area contributed by atoms with Gasteiger partial charge >= 0.3 is 0 Å². The number of carbonyl (C=O) groups is 1. The van der Waals surface area contributed by atoms with E-state index in [1.807, 2.05) is 60.7 Å². The highest BCUT2D eigenvalue weighted by Crippen LogP contribution is 2.39. The molecule has 0 fully saturated rings. The number of nitrogens with one attached hydrogen (secondary N) is 1. The zero-order chi connectivity index (χ0) is 19.5. The van der Waals surface area contributed by atoms with Crippen molar-refractivity contribution in [2.75, 3.05) is 5.32 Å². The Morgan fingerprint density at radius 3 is 2.61 bits per heavy atom. The van der Waals surface area contributed by atoms with E-state index < -0.39 is 0 Å². The van der Waals surface area contributed by atoms with E-state index in [9.17, 15) is 4.79 Å². The van der Waals surface area contributed by atoms with Crippen LogP contribution in [0.15, 0.2) is 76.5 Å². The first-order valence-corrected chi connectivity index (χ1v) is 10.1. The van der Waals surface area contributed by atoms with E-state index in [2.05, 4.69) is 5.32 Å². The molecule has 6 heteroatoms. The SMILES string of the molecule is O=C1Nc2ccccc2S/C1=C\c1ccccc1OCc1ccc(Cl)c(Cl)c1. The van der Waals surface area contributed by atoms with Crippen LogP contribution >= 0.6 is 35.0 Å². The minimum atomic E-state index is -0.122. The van der Waals surface area contributed by atoms with E-state index in [1.165, 1.54) is 11.8 Å². The molecule has 1 aliphatic heterocycles. The normalized spacial score (nSPS) is 14.5. The van der Waals surface area contributed by atoms with Gasteiger partial charge in [0.05, 0.1) is 20.6 Å². The Morgan fingerprint density at radius 1 is 0.964 bits per heavy atom. The third-order valence-electron chi connectivity index (χ3n) is 4.16. The van der Waals surface area contributed by atoms with Crippen LogP contribution < -0.4 is 10.1 Å². The van der Waals surface area contributed by atoms with Gasteiger partial charge < -0.3 is 10.1 Å². The standard InChI is InChI=1S/C22H15Cl2NO2S/c23-16-10-9-14(11-17(16)24)13-27-19-7-3-1-5-15(19)12-21-22(26)25-18-6-2-4-8-20(18)28-21/h1-12H,13H2,(H,25,26)/b21-12-. The lowest BCUT2D eigenvalue weighted by molar-refractivity contribution is -0.112. The highest BCUT2D eigenvalue weighted by atomic mass is 35.5. The Bertz CT molecular complexity index is 1080. The minimum Gasteiger partial charge on any atom is -0.488 e. The van der Waals surface area contributed by atoms with Gasteiger partial charge in [-0.25, -0.2) is 0 Å². The number of hydrogen-bond donors (Lipinski definition) is 1. The number of halogens is 2. The molecule has 0 spiro atoms. The van der Waals surface area contributed by atoms with Gasteiger partial charge in [-0.05, 0) is 42.0 Å². The largest absolute Gasteiger partial charge is 0.488 e. The highest BCUT2D eigenvalue weighted by Gasteiger charge is 2.21. The van der Waals surface area contributed by atoms with Crippen LogP contribution in [-0.4, -0.2) is 5.91 Å². The van der Waals surface area contributed by atoms with Gasteiger partial charge in [-0.3, -0.25) is 4.79 Å². The fraction of sp³-hybridized carbons (Fsp3) is 0.0455. The lowest BCUT2D eigenvalue weighted by Gasteiger charge is -2.18. The number of ether oxygens (including phenoxy) is 1.